The van der Waals surface area contributed by atoms with E-state index in [9.17, 15) is 8.42 Å². The van der Waals surface area contributed by atoms with E-state index in [1.54, 1.807) is 29.7 Å². The molecule has 1 atom stereocenters. The van der Waals surface area contributed by atoms with Gasteiger partial charge in [-0.05, 0) is 18.9 Å². The molecule has 0 saturated carbocycles. The maximum atomic E-state index is 12.7. The van der Waals surface area contributed by atoms with E-state index in [-0.39, 0.29) is 6.10 Å². The molecule has 2 fully saturated rings. The normalized spacial score (nSPS) is 23.3. The van der Waals surface area contributed by atoms with Gasteiger partial charge in [-0.1, -0.05) is 0 Å². The zero-order valence-corrected chi connectivity index (χ0v) is 14.2. The first-order valence-electron chi connectivity index (χ1n) is 7.93. The predicted octanol–water partition coefficient (Wildman–Crippen LogP) is 0.718. The van der Waals surface area contributed by atoms with Gasteiger partial charge < -0.3 is 14.4 Å². The van der Waals surface area contributed by atoms with E-state index in [1.807, 2.05) is 0 Å². The summed E-state index contributed by atoms with van der Waals surface area (Å²) in [6, 6.07) is 3.24. The van der Waals surface area contributed by atoms with Gasteiger partial charge in [-0.15, -0.1) is 0 Å². The summed E-state index contributed by atoms with van der Waals surface area (Å²) in [4.78, 5) is 6.71. The molecule has 0 bridgehead atoms. The molecule has 2 aliphatic rings. The van der Waals surface area contributed by atoms with Crippen molar-refractivity contribution >= 4 is 15.8 Å². The standard InChI is InChI=1S/C15H23N3O4S/c1-21-12-13-11-17(8-9-22-13)15-10-14(4-5-16-15)23(19,20)18-6-2-3-7-18/h4-5,10,13H,2-3,6-9,11-12H2,1H3/t13-/m1/s1. The molecular formula is C15H23N3O4S. The monoisotopic (exact) mass is 341 g/mol. The average Bonchev–Trinajstić information content (AvgIpc) is 3.11. The Bertz CT molecular complexity index is 629. The number of methoxy groups -OCH3 is 1. The van der Waals surface area contributed by atoms with Crippen molar-refractivity contribution in [2.24, 2.45) is 0 Å². The highest BCUT2D eigenvalue weighted by Gasteiger charge is 2.28. The van der Waals surface area contributed by atoms with Crippen LogP contribution in [0.5, 0.6) is 0 Å². The highest BCUT2D eigenvalue weighted by atomic mass is 32.2. The molecule has 0 N–H and O–H groups in total. The van der Waals surface area contributed by atoms with Gasteiger partial charge in [0, 0.05) is 45.6 Å². The summed E-state index contributed by atoms with van der Waals surface area (Å²) in [5, 5.41) is 0. The number of sulfonamides is 1. The second-order valence-corrected chi connectivity index (χ2v) is 7.79. The number of hydrogen-bond donors (Lipinski definition) is 0. The molecule has 0 amide bonds. The zero-order valence-electron chi connectivity index (χ0n) is 13.3. The van der Waals surface area contributed by atoms with Crippen molar-refractivity contribution in [3.63, 3.8) is 0 Å². The number of nitrogens with zero attached hydrogens (tertiary/aromatic N) is 3. The van der Waals surface area contributed by atoms with E-state index in [1.165, 1.54) is 0 Å². The lowest BCUT2D eigenvalue weighted by atomic mass is 10.3. The Kier molecular flexibility index (Phi) is 5.15. The van der Waals surface area contributed by atoms with Gasteiger partial charge in [-0.25, -0.2) is 13.4 Å². The number of rotatable bonds is 5. The van der Waals surface area contributed by atoms with Crippen LogP contribution in [0.3, 0.4) is 0 Å². The van der Waals surface area contributed by atoms with Gasteiger partial charge >= 0.3 is 0 Å². The van der Waals surface area contributed by atoms with Crippen molar-refractivity contribution in [1.29, 1.82) is 0 Å². The Morgan fingerprint density at radius 3 is 2.87 bits per heavy atom. The van der Waals surface area contributed by atoms with Crippen LogP contribution in [0.1, 0.15) is 12.8 Å². The Labute approximate surface area is 137 Å². The lowest BCUT2D eigenvalue weighted by Gasteiger charge is -2.33. The summed E-state index contributed by atoms with van der Waals surface area (Å²) in [7, 11) is -1.77. The van der Waals surface area contributed by atoms with Crippen LogP contribution in [0.15, 0.2) is 23.2 Å². The second kappa shape index (κ2) is 7.12. The Morgan fingerprint density at radius 2 is 2.13 bits per heavy atom. The van der Waals surface area contributed by atoms with Crippen molar-refractivity contribution in [2.45, 2.75) is 23.8 Å². The fourth-order valence-corrected chi connectivity index (χ4v) is 4.55. The molecule has 3 heterocycles. The molecule has 8 heteroatoms. The van der Waals surface area contributed by atoms with Crippen LogP contribution in [-0.4, -0.2) is 70.3 Å². The van der Waals surface area contributed by atoms with Crippen LogP contribution in [0, 0.1) is 0 Å². The number of aromatic nitrogens is 1. The third-order valence-corrected chi connectivity index (χ3v) is 6.13. The van der Waals surface area contributed by atoms with Crippen molar-refractivity contribution in [1.82, 2.24) is 9.29 Å². The summed E-state index contributed by atoms with van der Waals surface area (Å²) in [5.41, 5.74) is 0. The van der Waals surface area contributed by atoms with Crippen molar-refractivity contribution < 1.29 is 17.9 Å². The van der Waals surface area contributed by atoms with Crippen molar-refractivity contribution in [3.05, 3.63) is 18.3 Å². The largest absolute Gasteiger partial charge is 0.382 e. The molecule has 2 aliphatic heterocycles. The van der Waals surface area contributed by atoms with Crippen LogP contribution in [0.2, 0.25) is 0 Å². The number of pyridine rings is 1. The summed E-state index contributed by atoms with van der Waals surface area (Å²) >= 11 is 0. The molecular weight excluding hydrogens is 318 g/mol. The Balaban J connectivity index is 1.79. The molecule has 0 aromatic carbocycles. The minimum atomic E-state index is -3.41. The second-order valence-electron chi connectivity index (χ2n) is 5.86. The zero-order chi connectivity index (χ0) is 16.3. The lowest BCUT2D eigenvalue weighted by molar-refractivity contribution is -0.0102. The van der Waals surface area contributed by atoms with Crippen molar-refractivity contribution in [2.75, 3.05) is 51.4 Å². The summed E-state index contributed by atoms with van der Waals surface area (Å²) in [5.74, 6) is 0.676. The van der Waals surface area contributed by atoms with E-state index in [2.05, 4.69) is 9.88 Å². The topological polar surface area (TPSA) is 72.0 Å². The maximum Gasteiger partial charge on any atom is 0.243 e. The fraction of sp³-hybridized carbons (Fsp3) is 0.667. The molecule has 3 rings (SSSR count). The SMILES string of the molecule is COC[C@H]1CN(c2cc(S(=O)(=O)N3CCCC3)ccn2)CCO1. The maximum absolute atomic E-state index is 12.7. The molecule has 0 radical (unpaired) electrons. The van der Waals surface area contributed by atoms with Crippen LogP contribution >= 0.6 is 0 Å². The number of anilines is 1. The van der Waals surface area contributed by atoms with Crippen LogP contribution in [0.4, 0.5) is 5.82 Å². The minimum Gasteiger partial charge on any atom is -0.382 e. The first-order valence-corrected chi connectivity index (χ1v) is 9.37. The van der Waals surface area contributed by atoms with Crippen LogP contribution in [-0.2, 0) is 19.5 Å². The molecule has 0 spiro atoms. The van der Waals surface area contributed by atoms with Crippen molar-refractivity contribution in [3.8, 4) is 0 Å². The summed E-state index contributed by atoms with van der Waals surface area (Å²) in [6.45, 7) is 3.65. The minimum absolute atomic E-state index is 0.0191. The Morgan fingerprint density at radius 1 is 1.35 bits per heavy atom. The van der Waals surface area contributed by atoms with Gasteiger partial charge in [0.15, 0.2) is 0 Å². The molecule has 23 heavy (non-hydrogen) atoms. The number of hydrogen-bond acceptors (Lipinski definition) is 6. The van der Waals surface area contributed by atoms with Gasteiger partial charge in [0.2, 0.25) is 10.0 Å². The Hall–Kier alpha value is -1.22. The van der Waals surface area contributed by atoms with E-state index in [0.717, 1.165) is 12.8 Å². The number of ether oxygens (including phenoxy) is 2. The van der Waals surface area contributed by atoms with E-state index >= 15 is 0 Å². The van der Waals surface area contributed by atoms with E-state index in [0.29, 0.717) is 50.1 Å². The van der Waals surface area contributed by atoms with Gasteiger partial charge in [-0.2, -0.15) is 4.31 Å². The molecule has 1 aromatic rings. The van der Waals surface area contributed by atoms with Gasteiger partial charge in [0.1, 0.15) is 5.82 Å². The lowest BCUT2D eigenvalue weighted by Crippen LogP contribution is -2.44. The quantitative estimate of drug-likeness (QED) is 0.786. The smallest absolute Gasteiger partial charge is 0.243 e. The summed E-state index contributed by atoms with van der Waals surface area (Å²) < 4.78 is 37.7. The first-order chi connectivity index (χ1) is 11.1. The molecule has 0 unspecified atom stereocenters. The number of morpholine rings is 1. The van der Waals surface area contributed by atoms with E-state index < -0.39 is 10.0 Å². The molecule has 0 aliphatic carbocycles. The molecule has 128 valence electrons. The molecule has 7 nitrogen and oxygen atoms in total. The van der Waals surface area contributed by atoms with E-state index in [4.69, 9.17) is 9.47 Å². The molecule has 2 saturated heterocycles. The molecule has 1 aromatic heterocycles. The highest BCUT2D eigenvalue weighted by Crippen LogP contribution is 2.24. The van der Waals surface area contributed by atoms with Gasteiger partial charge in [0.25, 0.3) is 0 Å². The van der Waals surface area contributed by atoms with Gasteiger partial charge in [0.05, 0.1) is 24.2 Å². The van der Waals surface area contributed by atoms with Crippen LogP contribution in [0.25, 0.3) is 0 Å². The average molecular weight is 341 g/mol. The fourth-order valence-electron chi connectivity index (χ4n) is 3.02. The van der Waals surface area contributed by atoms with Gasteiger partial charge in [-0.3, -0.25) is 0 Å². The highest BCUT2D eigenvalue weighted by molar-refractivity contribution is 7.89. The first kappa shape index (κ1) is 16.6. The summed E-state index contributed by atoms with van der Waals surface area (Å²) in [6.07, 6.45) is 3.41. The predicted molar refractivity (Wildman–Crippen MR) is 86.1 cm³/mol. The third-order valence-electron chi connectivity index (χ3n) is 4.24. The van der Waals surface area contributed by atoms with Crippen LogP contribution < -0.4 is 4.90 Å². The third kappa shape index (κ3) is 3.65.